The number of aromatic nitrogens is 2. The molecule has 3 atom stereocenters. The Morgan fingerprint density at radius 3 is 2.03 bits per heavy atom. The molecule has 8 aromatic rings. The van der Waals surface area contributed by atoms with Gasteiger partial charge in [-0.15, -0.1) is 0 Å². The van der Waals surface area contributed by atoms with Crippen LogP contribution in [0.15, 0.2) is 205 Å². The first-order valence-corrected chi connectivity index (χ1v) is 22.9. The third-order valence-electron chi connectivity index (χ3n) is 14.1. The van der Waals surface area contributed by atoms with Gasteiger partial charge in [-0.2, -0.15) is 0 Å². The van der Waals surface area contributed by atoms with Crippen molar-refractivity contribution < 1.29 is 0 Å². The number of aliphatic imine (C=N–C) groups is 1. The van der Waals surface area contributed by atoms with Crippen molar-refractivity contribution in [2.75, 3.05) is 0 Å². The van der Waals surface area contributed by atoms with E-state index in [1.807, 2.05) is 0 Å². The normalized spacial score (nSPS) is 19.6. The Labute approximate surface area is 374 Å². The first-order valence-electron chi connectivity index (χ1n) is 22.9. The highest BCUT2D eigenvalue weighted by molar-refractivity contribution is 6.14. The molecule has 2 aromatic heterocycles. The number of para-hydroxylation sites is 2. The molecule has 1 fully saturated rings. The monoisotopic (exact) mass is 822 g/mol. The van der Waals surface area contributed by atoms with Crippen LogP contribution in [0.3, 0.4) is 0 Å². The van der Waals surface area contributed by atoms with Crippen molar-refractivity contribution in [2.45, 2.75) is 50.1 Å². The van der Waals surface area contributed by atoms with Crippen LogP contribution in [-0.4, -0.2) is 15.3 Å². The Morgan fingerprint density at radius 1 is 0.594 bits per heavy atom. The topological polar surface area (TPSA) is 42.2 Å². The van der Waals surface area contributed by atoms with Crippen LogP contribution in [0.5, 0.6) is 0 Å². The minimum absolute atomic E-state index is 0.224. The lowest BCUT2D eigenvalue weighted by molar-refractivity contribution is 0.663. The minimum atomic E-state index is -0.224. The molecule has 4 heteroatoms. The Kier molecular flexibility index (Phi) is 8.72. The van der Waals surface area contributed by atoms with Gasteiger partial charge < -0.3 is 9.88 Å². The Bertz CT molecular complexity index is 3320. The molecule has 306 valence electrons. The maximum absolute atomic E-state index is 5.46. The largest absolute Gasteiger partial charge is 0.360 e. The van der Waals surface area contributed by atoms with Gasteiger partial charge in [0.2, 0.25) is 0 Å². The molecule has 6 aromatic carbocycles. The average molecular weight is 823 g/mol. The molecule has 3 heterocycles. The van der Waals surface area contributed by atoms with Crippen LogP contribution in [0.2, 0.25) is 0 Å². The van der Waals surface area contributed by atoms with Crippen molar-refractivity contribution in [1.29, 1.82) is 0 Å². The van der Waals surface area contributed by atoms with E-state index in [0.717, 1.165) is 53.9 Å². The highest BCUT2D eigenvalue weighted by atomic mass is 15.1. The van der Waals surface area contributed by atoms with Gasteiger partial charge in [0.05, 0.1) is 28.1 Å². The molecular weight excluding hydrogens is 777 g/mol. The first-order chi connectivity index (χ1) is 31.7. The predicted molar refractivity (Wildman–Crippen MR) is 266 cm³/mol. The summed E-state index contributed by atoms with van der Waals surface area (Å²) in [6.07, 6.45) is 18.7. The summed E-state index contributed by atoms with van der Waals surface area (Å²) >= 11 is 0. The Balaban J connectivity index is 0.850. The van der Waals surface area contributed by atoms with Gasteiger partial charge in [0, 0.05) is 33.6 Å². The van der Waals surface area contributed by atoms with Crippen molar-refractivity contribution in [2.24, 2.45) is 4.99 Å². The van der Waals surface area contributed by atoms with Crippen molar-refractivity contribution in [3.05, 3.63) is 228 Å². The number of hydrogen-bond donors (Lipinski definition) is 1. The predicted octanol–water partition coefficient (Wildman–Crippen LogP) is 14.9. The summed E-state index contributed by atoms with van der Waals surface area (Å²) in [6.45, 7) is 0. The van der Waals surface area contributed by atoms with Gasteiger partial charge in [0.1, 0.15) is 6.17 Å². The van der Waals surface area contributed by atoms with E-state index >= 15 is 0 Å². The molecule has 5 aliphatic rings. The molecule has 13 rings (SSSR count). The molecule has 64 heavy (non-hydrogen) atoms. The van der Waals surface area contributed by atoms with E-state index in [2.05, 4.69) is 204 Å². The maximum atomic E-state index is 5.46. The fraction of sp³-hybridized carbons (Fsp3) is 0.133. The van der Waals surface area contributed by atoms with Gasteiger partial charge in [-0.1, -0.05) is 158 Å². The van der Waals surface area contributed by atoms with Crippen LogP contribution in [0, 0.1) is 0 Å². The number of allylic oxidation sites excluding steroid dienone is 9. The number of hydrogen-bond acceptors (Lipinski definition) is 3. The number of fused-ring (bicyclic) bond motifs is 9. The standard InChI is InChI=1S/C60H46N4/c1-4-14-39(15-5-1)49-36-53(40-16-6-2-7-17-40)61-59-52-35-50(52)46-33-30-44(34-51(46)58(49)59)38-24-26-43(27-25-38)60-62-54(41-18-8-3-9-19-41)37-55(63-60)42-28-31-45(32-29-42)64-56-22-12-10-20-47(56)48-21-11-13-23-57(48)64/h1,3-6,8-28,30-31,33-34,36-37,50,52,60,62H,2,7,29,32,35H2. The van der Waals surface area contributed by atoms with Crippen LogP contribution >= 0.6 is 0 Å². The number of pyridine rings is 1. The summed E-state index contributed by atoms with van der Waals surface area (Å²) < 4.78 is 2.45. The zero-order chi connectivity index (χ0) is 42.1. The second kappa shape index (κ2) is 15.1. The zero-order valence-electron chi connectivity index (χ0n) is 35.6. The molecule has 0 spiro atoms. The lowest BCUT2D eigenvalue weighted by Crippen LogP contribution is -2.25. The fourth-order valence-electron chi connectivity index (χ4n) is 10.8. The van der Waals surface area contributed by atoms with Crippen LogP contribution in [0.25, 0.3) is 72.2 Å². The summed E-state index contributed by atoms with van der Waals surface area (Å²) in [7, 11) is 0. The van der Waals surface area contributed by atoms with Gasteiger partial charge >= 0.3 is 0 Å². The number of benzene rings is 6. The second-order valence-electron chi connectivity index (χ2n) is 17.9. The third-order valence-corrected chi connectivity index (χ3v) is 14.1. The maximum Gasteiger partial charge on any atom is 0.145 e. The van der Waals surface area contributed by atoms with Gasteiger partial charge in [-0.3, -0.25) is 9.98 Å². The second-order valence-corrected chi connectivity index (χ2v) is 17.9. The van der Waals surface area contributed by atoms with Crippen molar-refractivity contribution in [3.8, 4) is 33.4 Å². The lowest BCUT2D eigenvalue weighted by atomic mass is 9.82. The highest BCUT2D eigenvalue weighted by Crippen LogP contribution is 2.63. The van der Waals surface area contributed by atoms with E-state index in [0.29, 0.717) is 11.8 Å². The summed E-state index contributed by atoms with van der Waals surface area (Å²) in [6, 6.07) is 57.7. The first kappa shape index (κ1) is 37.0. The fourth-order valence-corrected chi connectivity index (χ4v) is 10.8. The molecular formula is C60H46N4. The summed E-state index contributed by atoms with van der Waals surface area (Å²) in [5.74, 6) is 1.02. The van der Waals surface area contributed by atoms with E-state index in [9.17, 15) is 0 Å². The van der Waals surface area contributed by atoms with E-state index in [1.54, 1.807) is 0 Å². The lowest BCUT2D eigenvalue weighted by Gasteiger charge is -2.27. The quantitative estimate of drug-likeness (QED) is 0.174. The number of rotatable bonds is 7. The van der Waals surface area contributed by atoms with E-state index < -0.39 is 0 Å². The third kappa shape index (κ3) is 6.27. The molecule has 0 amide bonds. The van der Waals surface area contributed by atoms with Gasteiger partial charge in [-0.25, -0.2) is 0 Å². The van der Waals surface area contributed by atoms with Crippen LogP contribution in [-0.2, 0) is 0 Å². The van der Waals surface area contributed by atoms with Crippen LogP contribution < -0.4 is 5.32 Å². The van der Waals surface area contributed by atoms with E-state index in [4.69, 9.17) is 9.98 Å². The van der Waals surface area contributed by atoms with Gasteiger partial charge in [-0.05, 0) is 130 Å². The van der Waals surface area contributed by atoms with Crippen molar-refractivity contribution in [3.63, 3.8) is 0 Å². The van der Waals surface area contributed by atoms with Crippen molar-refractivity contribution >= 4 is 44.5 Å². The molecule has 4 nitrogen and oxygen atoms in total. The average Bonchev–Trinajstić information content (AvgIpc) is 4.12. The Morgan fingerprint density at radius 2 is 1.31 bits per heavy atom. The summed E-state index contributed by atoms with van der Waals surface area (Å²) in [5, 5.41) is 6.40. The molecule has 1 aliphatic heterocycles. The molecule has 1 saturated carbocycles. The van der Waals surface area contributed by atoms with E-state index in [-0.39, 0.29) is 6.17 Å². The molecule has 0 radical (unpaired) electrons. The van der Waals surface area contributed by atoms with Gasteiger partial charge in [0.15, 0.2) is 0 Å². The van der Waals surface area contributed by atoms with Crippen LogP contribution in [0.1, 0.15) is 78.2 Å². The SMILES string of the molecule is C1=CC(c2cc(-c3ccccc3)c3c(n2)C2CC2c2ccc(-c4ccc(C5N=C(C6=CC=C(n7c8ccccc8c8ccccc87)CC6)C=C(c6ccccc6)N5)cc4)cc2-3)=CCC1. The Hall–Kier alpha value is -7.56. The zero-order valence-corrected chi connectivity index (χ0v) is 35.6. The minimum Gasteiger partial charge on any atom is -0.360 e. The summed E-state index contributed by atoms with van der Waals surface area (Å²) in [4.78, 5) is 10.9. The highest BCUT2D eigenvalue weighted by Gasteiger charge is 2.47. The van der Waals surface area contributed by atoms with Crippen LogP contribution in [0.4, 0.5) is 0 Å². The summed E-state index contributed by atoms with van der Waals surface area (Å²) in [5.41, 5.74) is 22.2. The molecule has 4 aliphatic carbocycles. The van der Waals surface area contributed by atoms with Gasteiger partial charge in [0.25, 0.3) is 0 Å². The van der Waals surface area contributed by atoms with Crippen molar-refractivity contribution in [1.82, 2.24) is 14.9 Å². The number of nitrogens with one attached hydrogen (secondary N) is 1. The molecule has 0 bridgehead atoms. The molecule has 3 unspecified atom stereocenters. The molecule has 0 saturated heterocycles. The number of nitrogens with zero attached hydrogens (tertiary/aromatic N) is 3. The molecule has 1 N–H and O–H groups in total. The van der Waals surface area contributed by atoms with E-state index in [1.165, 1.54) is 89.7 Å². The smallest absolute Gasteiger partial charge is 0.145 e.